The highest BCUT2D eigenvalue weighted by atomic mass is 15.1. The van der Waals surface area contributed by atoms with Gasteiger partial charge in [-0.3, -0.25) is 0 Å². The fourth-order valence-corrected chi connectivity index (χ4v) is 3.59. The van der Waals surface area contributed by atoms with Crippen molar-refractivity contribution in [1.29, 1.82) is 0 Å². The number of likely N-dealkylation sites (N-methyl/N-ethyl adjacent to an activating group) is 1. The highest BCUT2D eigenvalue weighted by Gasteiger charge is 2.40. The molecular formula is C17H24N2. The van der Waals surface area contributed by atoms with Gasteiger partial charge in [0.15, 0.2) is 0 Å². The van der Waals surface area contributed by atoms with E-state index in [9.17, 15) is 0 Å². The Bertz CT molecular complexity index is 462. The molecular weight excluding hydrogens is 232 g/mol. The van der Waals surface area contributed by atoms with Crippen molar-refractivity contribution >= 4 is 5.69 Å². The van der Waals surface area contributed by atoms with Gasteiger partial charge in [0.1, 0.15) is 0 Å². The molecule has 0 atom stereocenters. The molecule has 2 fully saturated rings. The van der Waals surface area contributed by atoms with E-state index < -0.39 is 0 Å². The van der Waals surface area contributed by atoms with Gasteiger partial charge in [0.25, 0.3) is 0 Å². The van der Waals surface area contributed by atoms with Crippen LogP contribution in [0.2, 0.25) is 0 Å². The first-order chi connectivity index (χ1) is 9.31. The number of anilines is 1. The summed E-state index contributed by atoms with van der Waals surface area (Å²) >= 11 is 0. The molecule has 3 aliphatic rings. The van der Waals surface area contributed by atoms with E-state index in [1.165, 1.54) is 55.5 Å². The molecule has 1 heterocycles. The van der Waals surface area contributed by atoms with Gasteiger partial charge >= 0.3 is 0 Å². The molecule has 0 aromatic heterocycles. The molecule has 0 saturated heterocycles. The minimum absolute atomic E-state index is 0.816. The Labute approximate surface area is 116 Å². The SMILES string of the molecule is CN1CCc2cc(CNC(C3CC3)C3CC3)ccc21. The van der Waals surface area contributed by atoms with Crippen molar-refractivity contribution in [3.63, 3.8) is 0 Å². The maximum Gasteiger partial charge on any atom is 0.0397 e. The average Bonchev–Trinajstić information content (AvgIpc) is 3.31. The van der Waals surface area contributed by atoms with Crippen LogP contribution in [0.15, 0.2) is 18.2 Å². The smallest absolute Gasteiger partial charge is 0.0397 e. The second-order valence-corrected chi connectivity index (χ2v) is 6.72. The topological polar surface area (TPSA) is 15.3 Å². The predicted octanol–water partition coefficient (Wildman–Crippen LogP) is 2.96. The number of benzene rings is 1. The number of rotatable bonds is 5. The summed E-state index contributed by atoms with van der Waals surface area (Å²) in [4.78, 5) is 2.36. The molecule has 102 valence electrons. The molecule has 2 heteroatoms. The standard InChI is InChI=1S/C17H24N2/c1-19-9-8-15-10-12(2-7-16(15)19)11-18-17(13-3-4-13)14-5-6-14/h2,7,10,13-14,17-18H,3-6,8-9,11H2,1H3. The molecule has 0 unspecified atom stereocenters. The van der Waals surface area contributed by atoms with Gasteiger partial charge in [0.2, 0.25) is 0 Å². The van der Waals surface area contributed by atoms with E-state index in [0.29, 0.717) is 0 Å². The third-order valence-electron chi connectivity index (χ3n) is 5.07. The van der Waals surface area contributed by atoms with Crippen LogP contribution in [0.1, 0.15) is 36.8 Å². The van der Waals surface area contributed by atoms with Crippen molar-refractivity contribution in [3.05, 3.63) is 29.3 Å². The normalized spacial score (nSPS) is 22.1. The average molecular weight is 256 g/mol. The van der Waals surface area contributed by atoms with Crippen molar-refractivity contribution in [1.82, 2.24) is 5.32 Å². The lowest BCUT2D eigenvalue weighted by atomic mass is 10.1. The summed E-state index contributed by atoms with van der Waals surface area (Å²) < 4.78 is 0. The fraction of sp³-hybridized carbons (Fsp3) is 0.647. The van der Waals surface area contributed by atoms with Gasteiger partial charge in [-0.2, -0.15) is 0 Å². The largest absolute Gasteiger partial charge is 0.374 e. The van der Waals surface area contributed by atoms with Crippen molar-refractivity contribution < 1.29 is 0 Å². The molecule has 0 amide bonds. The van der Waals surface area contributed by atoms with Crippen LogP contribution in [-0.4, -0.2) is 19.6 Å². The van der Waals surface area contributed by atoms with E-state index in [1.54, 1.807) is 0 Å². The lowest BCUT2D eigenvalue weighted by molar-refractivity contribution is 0.416. The minimum atomic E-state index is 0.816. The van der Waals surface area contributed by atoms with Gasteiger partial charge in [0.05, 0.1) is 0 Å². The maximum absolute atomic E-state index is 3.85. The highest BCUT2D eigenvalue weighted by Crippen LogP contribution is 2.44. The van der Waals surface area contributed by atoms with Crippen LogP contribution in [-0.2, 0) is 13.0 Å². The summed E-state index contributed by atoms with van der Waals surface area (Å²) in [6, 6.07) is 7.85. The zero-order valence-corrected chi connectivity index (χ0v) is 11.9. The van der Waals surface area contributed by atoms with E-state index >= 15 is 0 Å². The number of hydrogen-bond donors (Lipinski definition) is 1. The minimum Gasteiger partial charge on any atom is -0.374 e. The van der Waals surface area contributed by atoms with Crippen LogP contribution in [0.4, 0.5) is 5.69 Å². The molecule has 1 N–H and O–H groups in total. The first kappa shape index (κ1) is 11.8. The second kappa shape index (κ2) is 4.52. The van der Waals surface area contributed by atoms with E-state index in [0.717, 1.165) is 24.4 Å². The fourth-order valence-electron chi connectivity index (χ4n) is 3.59. The number of nitrogens with zero attached hydrogens (tertiary/aromatic N) is 1. The molecule has 0 spiro atoms. The molecule has 1 aromatic carbocycles. The molecule has 2 saturated carbocycles. The zero-order valence-electron chi connectivity index (χ0n) is 11.9. The summed E-state index contributed by atoms with van der Waals surface area (Å²) in [5.41, 5.74) is 4.45. The van der Waals surface area contributed by atoms with Gasteiger partial charge in [-0.25, -0.2) is 0 Å². The molecule has 1 aliphatic heterocycles. The van der Waals surface area contributed by atoms with Gasteiger partial charge in [0, 0.05) is 31.9 Å². The molecule has 2 nitrogen and oxygen atoms in total. The third kappa shape index (κ3) is 2.38. The molecule has 0 bridgehead atoms. The number of hydrogen-bond acceptors (Lipinski definition) is 2. The first-order valence-corrected chi connectivity index (χ1v) is 7.87. The number of nitrogens with one attached hydrogen (secondary N) is 1. The van der Waals surface area contributed by atoms with Crippen LogP contribution < -0.4 is 10.2 Å². The van der Waals surface area contributed by atoms with E-state index in [1.807, 2.05) is 0 Å². The van der Waals surface area contributed by atoms with Gasteiger partial charge in [-0.1, -0.05) is 12.1 Å². The van der Waals surface area contributed by atoms with Gasteiger partial charge < -0.3 is 10.2 Å². The van der Waals surface area contributed by atoms with Crippen LogP contribution in [0.3, 0.4) is 0 Å². The van der Waals surface area contributed by atoms with Crippen molar-refractivity contribution in [2.45, 2.75) is 44.7 Å². The van der Waals surface area contributed by atoms with Crippen molar-refractivity contribution in [3.8, 4) is 0 Å². The lowest BCUT2D eigenvalue weighted by Crippen LogP contribution is -2.32. The Hall–Kier alpha value is -1.02. The van der Waals surface area contributed by atoms with Gasteiger partial charge in [-0.05, 0) is 61.1 Å². The van der Waals surface area contributed by atoms with E-state index in [4.69, 9.17) is 0 Å². The lowest BCUT2D eigenvalue weighted by Gasteiger charge is -2.18. The molecule has 2 aliphatic carbocycles. The van der Waals surface area contributed by atoms with E-state index in [2.05, 4.69) is 35.5 Å². The Balaban J connectivity index is 1.42. The van der Waals surface area contributed by atoms with Crippen LogP contribution in [0.25, 0.3) is 0 Å². The monoisotopic (exact) mass is 256 g/mol. The predicted molar refractivity (Wildman–Crippen MR) is 79.5 cm³/mol. The summed E-state index contributed by atoms with van der Waals surface area (Å²) in [5.74, 6) is 1.99. The Morgan fingerprint density at radius 1 is 1.21 bits per heavy atom. The van der Waals surface area contributed by atoms with Crippen LogP contribution >= 0.6 is 0 Å². The second-order valence-electron chi connectivity index (χ2n) is 6.72. The molecule has 0 radical (unpaired) electrons. The first-order valence-electron chi connectivity index (χ1n) is 7.87. The molecule has 19 heavy (non-hydrogen) atoms. The van der Waals surface area contributed by atoms with Crippen molar-refractivity contribution in [2.24, 2.45) is 11.8 Å². The maximum atomic E-state index is 3.85. The van der Waals surface area contributed by atoms with Crippen molar-refractivity contribution in [2.75, 3.05) is 18.5 Å². The third-order valence-corrected chi connectivity index (χ3v) is 5.07. The van der Waals surface area contributed by atoms with E-state index in [-0.39, 0.29) is 0 Å². The molecule has 4 rings (SSSR count). The summed E-state index contributed by atoms with van der Waals surface area (Å²) in [6.07, 6.45) is 7.06. The number of fused-ring (bicyclic) bond motifs is 1. The Morgan fingerprint density at radius 2 is 1.95 bits per heavy atom. The quantitative estimate of drug-likeness (QED) is 0.871. The summed E-state index contributed by atoms with van der Waals surface area (Å²) in [5, 5.41) is 3.85. The van der Waals surface area contributed by atoms with Gasteiger partial charge in [-0.15, -0.1) is 0 Å². The zero-order chi connectivity index (χ0) is 12.8. The van der Waals surface area contributed by atoms with Crippen LogP contribution in [0, 0.1) is 11.8 Å². The van der Waals surface area contributed by atoms with Crippen LogP contribution in [0.5, 0.6) is 0 Å². The Kier molecular flexibility index (Phi) is 2.80. The molecule has 1 aromatic rings. The summed E-state index contributed by atoms with van der Waals surface area (Å²) in [6.45, 7) is 2.24. The Morgan fingerprint density at radius 3 is 2.63 bits per heavy atom. The highest BCUT2D eigenvalue weighted by molar-refractivity contribution is 5.58. The summed E-state index contributed by atoms with van der Waals surface area (Å²) in [7, 11) is 2.19.